The van der Waals surface area contributed by atoms with Gasteiger partial charge >= 0.3 is 17.9 Å². The normalized spacial score (nSPS) is 49.8. The predicted molar refractivity (Wildman–Crippen MR) is 160 cm³/mol. The highest BCUT2D eigenvalue weighted by Crippen LogP contribution is 2.82. The number of hydrogen-bond acceptors (Lipinski definition) is 12. The molecule has 12 heteroatoms. The molecule has 15 atom stereocenters. The summed E-state index contributed by atoms with van der Waals surface area (Å²) in [4.78, 5) is 53.4. The lowest BCUT2D eigenvalue weighted by Gasteiger charge is -2.73. The van der Waals surface area contributed by atoms with Gasteiger partial charge in [0.15, 0.2) is 12.2 Å². The summed E-state index contributed by atoms with van der Waals surface area (Å²) < 4.78 is 36.1. The van der Waals surface area contributed by atoms with Gasteiger partial charge in [-0.3, -0.25) is 19.2 Å². The zero-order valence-corrected chi connectivity index (χ0v) is 28.0. The molecule has 6 aliphatic rings. The number of ether oxygens (including phenoxy) is 5. The SMILES string of the molecule is CCC(C)C(=O)OC1OCC23C(O)C(OC(C)=O)C(OC(C)=O)C1(C)C2CC(O)C1(C)C3C(=O)CC2(C)C(c3ccoc3)CC3OC321. The number of carbonyl (C=O) groups is 4. The van der Waals surface area contributed by atoms with E-state index in [4.69, 9.17) is 28.1 Å². The molecule has 3 heterocycles. The first-order valence-corrected chi connectivity index (χ1v) is 16.8. The minimum absolute atomic E-state index is 0.0558. The summed E-state index contributed by atoms with van der Waals surface area (Å²) in [6, 6.07) is 1.91. The lowest BCUT2D eigenvalue weighted by molar-refractivity contribution is -0.389. The van der Waals surface area contributed by atoms with Crippen LogP contribution in [-0.2, 0) is 42.9 Å². The van der Waals surface area contributed by atoms with E-state index >= 15 is 0 Å². The second kappa shape index (κ2) is 10.4. The van der Waals surface area contributed by atoms with E-state index in [0.29, 0.717) is 12.8 Å². The molecule has 6 fully saturated rings. The van der Waals surface area contributed by atoms with Gasteiger partial charge in [0.05, 0.1) is 42.7 Å². The minimum atomic E-state index is -1.54. The van der Waals surface area contributed by atoms with Crippen molar-refractivity contribution in [2.24, 2.45) is 39.4 Å². The molecular formula is C35H46O12. The first-order valence-electron chi connectivity index (χ1n) is 16.8. The number of ketones is 1. The number of epoxide rings is 1. The van der Waals surface area contributed by atoms with Crippen LogP contribution >= 0.6 is 0 Å². The second-order valence-corrected chi connectivity index (χ2v) is 15.7. The number of Topliss-reactive ketones (excluding diaryl/α,β-unsaturated/α-hetero) is 1. The molecule has 2 saturated heterocycles. The van der Waals surface area contributed by atoms with Crippen molar-refractivity contribution in [3.8, 4) is 0 Å². The van der Waals surface area contributed by atoms with Gasteiger partial charge in [-0.05, 0) is 49.7 Å². The van der Waals surface area contributed by atoms with Crippen molar-refractivity contribution < 1.29 is 57.5 Å². The van der Waals surface area contributed by atoms with Crippen LogP contribution in [0.1, 0.15) is 85.6 Å². The van der Waals surface area contributed by atoms with Gasteiger partial charge in [0.1, 0.15) is 17.5 Å². The van der Waals surface area contributed by atoms with E-state index in [0.717, 1.165) is 5.56 Å². The molecule has 0 amide bonds. The average Bonchev–Trinajstić information content (AvgIpc) is 3.37. The fourth-order valence-electron chi connectivity index (χ4n) is 11.6. The Morgan fingerprint density at radius 3 is 2.38 bits per heavy atom. The summed E-state index contributed by atoms with van der Waals surface area (Å²) in [5.41, 5.74) is -4.66. The van der Waals surface area contributed by atoms with Crippen molar-refractivity contribution in [2.45, 2.75) is 122 Å². The molecule has 7 rings (SSSR count). The molecule has 12 nitrogen and oxygen atoms in total. The van der Waals surface area contributed by atoms with Crippen LogP contribution in [0, 0.1) is 39.4 Å². The highest BCUT2D eigenvalue weighted by molar-refractivity contribution is 5.87. The van der Waals surface area contributed by atoms with Crippen LogP contribution in [0.5, 0.6) is 0 Å². The van der Waals surface area contributed by atoms with E-state index < -0.39 is 93.6 Å². The lowest BCUT2D eigenvalue weighted by atomic mass is 9.33. The Bertz CT molecular complexity index is 1490. The summed E-state index contributed by atoms with van der Waals surface area (Å²) in [6.07, 6.45) is -2.27. The summed E-state index contributed by atoms with van der Waals surface area (Å²) in [5, 5.41) is 25.0. The minimum Gasteiger partial charge on any atom is -0.472 e. The molecular weight excluding hydrogens is 612 g/mol. The number of rotatable bonds is 6. The Morgan fingerprint density at radius 2 is 1.77 bits per heavy atom. The first kappa shape index (κ1) is 32.7. The number of furan rings is 1. The zero-order valence-electron chi connectivity index (χ0n) is 28.0. The third-order valence-corrected chi connectivity index (χ3v) is 13.7. The van der Waals surface area contributed by atoms with E-state index in [9.17, 15) is 29.4 Å². The first-order chi connectivity index (χ1) is 22.0. The van der Waals surface area contributed by atoms with Crippen molar-refractivity contribution in [1.82, 2.24) is 0 Å². The van der Waals surface area contributed by atoms with Gasteiger partial charge in [0, 0.05) is 42.4 Å². The number of aliphatic hydroxyl groups excluding tert-OH is 2. The number of fused-ring (bicyclic) bond motifs is 1. The van der Waals surface area contributed by atoms with Crippen LogP contribution in [0.2, 0.25) is 0 Å². The maximum atomic E-state index is 14.9. The van der Waals surface area contributed by atoms with Gasteiger partial charge in [-0.15, -0.1) is 0 Å². The fraction of sp³-hybridized carbons (Fsp3) is 0.771. The van der Waals surface area contributed by atoms with Crippen LogP contribution in [0.15, 0.2) is 23.0 Å². The molecule has 47 heavy (non-hydrogen) atoms. The molecule has 4 saturated carbocycles. The van der Waals surface area contributed by atoms with Gasteiger partial charge in [-0.1, -0.05) is 27.7 Å². The van der Waals surface area contributed by atoms with E-state index in [1.54, 1.807) is 26.4 Å². The average molecular weight is 659 g/mol. The highest BCUT2D eigenvalue weighted by atomic mass is 16.7. The number of carbonyl (C=O) groups excluding carboxylic acids is 4. The molecule has 2 N–H and O–H groups in total. The fourth-order valence-corrected chi connectivity index (χ4v) is 11.6. The van der Waals surface area contributed by atoms with Crippen LogP contribution in [0.25, 0.3) is 0 Å². The van der Waals surface area contributed by atoms with Gasteiger partial charge in [0.2, 0.25) is 6.29 Å². The molecule has 1 spiro atoms. The second-order valence-electron chi connectivity index (χ2n) is 15.7. The number of hydrogen-bond donors (Lipinski definition) is 2. The molecule has 1 aromatic heterocycles. The molecule has 0 aromatic carbocycles. The molecule has 4 aliphatic carbocycles. The summed E-state index contributed by atoms with van der Waals surface area (Å²) in [6.45, 7) is 11.4. The Hall–Kier alpha value is -2.80. The van der Waals surface area contributed by atoms with E-state index in [-0.39, 0.29) is 37.3 Å². The lowest BCUT2D eigenvalue weighted by Crippen LogP contribution is -2.83. The zero-order chi connectivity index (χ0) is 34.1. The van der Waals surface area contributed by atoms with Crippen molar-refractivity contribution in [3.63, 3.8) is 0 Å². The third-order valence-electron chi connectivity index (χ3n) is 13.7. The largest absolute Gasteiger partial charge is 0.472 e. The number of aliphatic hydroxyl groups is 2. The monoisotopic (exact) mass is 658 g/mol. The summed E-state index contributed by atoms with van der Waals surface area (Å²) in [5.74, 6) is -4.40. The summed E-state index contributed by atoms with van der Waals surface area (Å²) in [7, 11) is 0. The number of esters is 3. The third kappa shape index (κ3) is 3.84. The Balaban J connectivity index is 1.40. The van der Waals surface area contributed by atoms with Crippen molar-refractivity contribution in [2.75, 3.05) is 6.61 Å². The standard InChI is InChI=1S/C35H46O12/c1-8-16(2)29(41)46-30-32(6)22-12-23(39)33(7)26(34(22,15-43-30)27(40)25(44-17(3)36)28(32)45-18(4)37)21(38)13-31(5)20(19-9-10-42-14-19)11-24-35(31,33)47-24/h9-10,14,16,20,22-28,30,39-40H,8,11-13,15H2,1-7H3. The Morgan fingerprint density at radius 1 is 1.06 bits per heavy atom. The summed E-state index contributed by atoms with van der Waals surface area (Å²) >= 11 is 0. The molecule has 1 aromatic rings. The van der Waals surface area contributed by atoms with Gasteiger partial charge in [0.25, 0.3) is 0 Å². The van der Waals surface area contributed by atoms with Crippen LogP contribution in [0.4, 0.5) is 0 Å². The molecule has 15 unspecified atom stereocenters. The molecule has 258 valence electrons. The van der Waals surface area contributed by atoms with Gasteiger partial charge < -0.3 is 38.3 Å². The van der Waals surface area contributed by atoms with Gasteiger partial charge in [-0.25, -0.2) is 0 Å². The Labute approximate surface area is 273 Å². The van der Waals surface area contributed by atoms with Crippen molar-refractivity contribution in [3.05, 3.63) is 24.2 Å². The maximum absolute atomic E-state index is 14.9. The predicted octanol–water partition coefficient (Wildman–Crippen LogP) is 3.06. The highest BCUT2D eigenvalue weighted by Gasteiger charge is 2.90. The molecule has 0 radical (unpaired) electrons. The van der Waals surface area contributed by atoms with E-state index in [2.05, 4.69) is 6.92 Å². The quantitative estimate of drug-likeness (QED) is 0.260. The molecule has 2 bridgehead atoms. The van der Waals surface area contributed by atoms with Gasteiger partial charge in [-0.2, -0.15) is 0 Å². The topological polar surface area (TPSA) is 171 Å². The van der Waals surface area contributed by atoms with Crippen LogP contribution in [0.3, 0.4) is 0 Å². The van der Waals surface area contributed by atoms with Crippen molar-refractivity contribution >= 4 is 23.7 Å². The smallest absolute Gasteiger partial charge is 0.310 e. The van der Waals surface area contributed by atoms with Crippen molar-refractivity contribution in [1.29, 1.82) is 0 Å². The maximum Gasteiger partial charge on any atom is 0.310 e. The Kier molecular flexibility index (Phi) is 7.21. The van der Waals surface area contributed by atoms with E-state index in [1.165, 1.54) is 13.8 Å². The van der Waals surface area contributed by atoms with Crippen LogP contribution < -0.4 is 0 Å². The molecule has 2 aliphatic heterocycles. The van der Waals surface area contributed by atoms with Crippen LogP contribution in [-0.4, -0.2) is 82.9 Å². The van der Waals surface area contributed by atoms with E-state index in [1.807, 2.05) is 19.9 Å².